The highest BCUT2D eigenvalue weighted by atomic mass is 16.5. The molecule has 1 aliphatic heterocycles. The molecule has 0 amide bonds. The van der Waals surface area contributed by atoms with Crippen molar-refractivity contribution in [1.82, 2.24) is 19.7 Å². The Morgan fingerprint density at radius 2 is 1.75 bits per heavy atom. The van der Waals surface area contributed by atoms with Crippen LogP contribution in [-0.2, 0) is 4.74 Å². The van der Waals surface area contributed by atoms with Crippen molar-refractivity contribution >= 4 is 17.0 Å². The Morgan fingerprint density at radius 3 is 2.39 bits per heavy atom. The first-order valence-corrected chi connectivity index (χ1v) is 13.7. The van der Waals surface area contributed by atoms with Crippen LogP contribution in [0, 0.1) is 0 Å². The molecule has 7 nitrogen and oxygen atoms in total. The van der Waals surface area contributed by atoms with Gasteiger partial charge in [0.15, 0.2) is 11.3 Å². The van der Waals surface area contributed by atoms with E-state index in [-0.39, 0.29) is 5.69 Å². The zero-order chi connectivity index (χ0) is 24.6. The Kier molecular flexibility index (Phi) is 6.52. The van der Waals surface area contributed by atoms with Crippen LogP contribution in [0.25, 0.3) is 22.2 Å². The van der Waals surface area contributed by atoms with Gasteiger partial charge >= 0.3 is 5.97 Å². The zero-order valence-corrected chi connectivity index (χ0v) is 21.2. The zero-order valence-electron chi connectivity index (χ0n) is 21.2. The van der Waals surface area contributed by atoms with Gasteiger partial charge in [0.1, 0.15) is 0 Å². The van der Waals surface area contributed by atoms with Crippen molar-refractivity contribution in [1.29, 1.82) is 0 Å². The van der Waals surface area contributed by atoms with Gasteiger partial charge < -0.3 is 9.84 Å². The normalized spacial score (nSPS) is 20.9. The second-order valence-electron chi connectivity index (χ2n) is 10.8. The Balaban J connectivity index is 1.45. The molecule has 1 atom stereocenters. The molecule has 0 bridgehead atoms. The fourth-order valence-corrected chi connectivity index (χ4v) is 6.17. The fourth-order valence-electron chi connectivity index (χ4n) is 6.17. The van der Waals surface area contributed by atoms with E-state index in [2.05, 4.69) is 45.8 Å². The molecule has 1 saturated heterocycles. The molecule has 190 valence electrons. The number of carboxylic acids is 1. The number of carboxylic acid groups (broad SMARTS) is 1. The summed E-state index contributed by atoms with van der Waals surface area (Å²) in [6.07, 6.45) is 9.34. The first-order valence-electron chi connectivity index (χ1n) is 13.7. The highest BCUT2D eigenvalue weighted by Crippen LogP contribution is 2.44. The van der Waals surface area contributed by atoms with Gasteiger partial charge in [0, 0.05) is 25.0 Å². The predicted molar refractivity (Wildman–Crippen MR) is 139 cm³/mol. The van der Waals surface area contributed by atoms with Gasteiger partial charge in [0.05, 0.1) is 30.3 Å². The summed E-state index contributed by atoms with van der Waals surface area (Å²) >= 11 is 0. The lowest BCUT2D eigenvalue weighted by Gasteiger charge is -2.32. The molecule has 1 aromatic carbocycles. The van der Waals surface area contributed by atoms with E-state index in [9.17, 15) is 9.90 Å². The van der Waals surface area contributed by atoms with E-state index in [0.717, 1.165) is 79.8 Å². The summed E-state index contributed by atoms with van der Waals surface area (Å²) in [7, 11) is 0. The standard InChI is InChI=1S/C29H36N4O3/c1-19(32-14-16-36-17-15-32)20-10-12-21(13-11-20)24-18-25(29(34)35)30-28-26(24)27(22-6-5-7-22)31-33(28)23-8-3-2-4-9-23/h10-13,18-19,22-23H,2-9,14-17H2,1H3,(H,34,35). The van der Waals surface area contributed by atoms with Crippen LogP contribution in [0.5, 0.6) is 0 Å². The van der Waals surface area contributed by atoms with Crippen molar-refractivity contribution in [3.63, 3.8) is 0 Å². The minimum Gasteiger partial charge on any atom is -0.477 e. The molecule has 3 fully saturated rings. The summed E-state index contributed by atoms with van der Waals surface area (Å²) in [5.74, 6) is -0.550. The Bertz CT molecular complexity index is 1240. The van der Waals surface area contributed by atoms with Crippen molar-refractivity contribution in [3.8, 4) is 11.1 Å². The lowest BCUT2D eigenvalue weighted by atomic mass is 9.81. The molecular formula is C29H36N4O3. The van der Waals surface area contributed by atoms with Crippen molar-refractivity contribution in [2.24, 2.45) is 0 Å². The predicted octanol–water partition coefficient (Wildman–Crippen LogP) is 5.96. The topological polar surface area (TPSA) is 80.5 Å². The molecule has 36 heavy (non-hydrogen) atoms. The highest BCUT2D eigenvalue weighted by Gasteiger charge is 2.31. The average Bonchev–Trinajstić information content (AvgIpc) is 3.27. The lowest BCUT2D eigenvalue weighted by molar-refractivity contribution is 0.0198. The van der Waals surface area contributed by atoms with Crippen LogP contribution in [0.15, 0.2) is 30.3 Å². The van der Waals surface area contributed by atoms with Gasteiger partial charge in [-0.1, -0.05) is 49.9 Å². The van der Waals surface area contributed by atoms with Crippen LogP contribution >= 0.6 is 0 Å². The number of nitrogens with zero attached hydrogens (tertiary/aromatic N) is 4. The molecule has 2 aromatic heterocycles. The third kappa shape index (κ3) is 4.33. The number of hydrogen-bond donors (Lipinski definition) is 1. The SMILES string of the molecule is CC(c1ccc(-c2cc(C(=O)O)nc3c2c(C2CCC2)nn3C2CCCCC2)cc1)N1CCOCC1. The molecule has 2 saturated carbocycles. The van der Waals surface area contributed by atoms with E-state index in [1.54, 1.807) is 6.07 Å². The second kappa shape index (κ2) is 9.94. The van der Waals surface area contributed by atoms with Gasteiger partial charge in [-0.15, -0.1) is 0 Å². The molecule has 0 radical (unpaired) electrons. The minimum absolute atomic E-state index is 0.0976. The number of carbonyl (C=O) groups is 1. The number of aromatic carboxylic acids is 1. The van der Waals surface area contributed by atoms with E-state index in [4.69, 9.17) is 9.84 Å². The minimum atomic E-state index is -0.989. The van der Waals surface area contributed by atoms with Gasteiger partial charge in [-0.25, -0.2) is 14.5 Å². The maximum absolute atomic E-state index is 12.1. The first kappa shape index (κ1) is 23.6. The van der Waals surface area contributed by atoms with E-state index in [0.29, 0.717) is 18.0 Å². The van der Waals surface area contributed by atoms with E-state index < -0.39 is 5.97 Å². The third-order valence-electron chi connectivity index (χ3n) is 8.62. The number of morpholine rings is 1. The van der Waals surface area contributed by atoms with Crippen molar-refractivity contribution < 1.29 is 14.6 Å². The van der Waals surface area contributed by atoms with Crippen molar-refractivity contribution in [3.05, 3.63) is 47.3 Å². The second-order valence-corrected chi connectivity index (χ2v) is 10.8. The van der Waals surface area contributed by atoms with Crippen LogP contribution in [0.2, 0.25) is 0 Å². The van der Waals surface area contributed by atoms with E-state index >= 15 is 0 Å². The first-order chi connectivity index (χ1) is 17.6. The maximum atomic E-state index is 12.1. The summed E-state index contributed by atoms with van der Waals surface area (Å²) in [5.41, 5.74) is 5.22. The fraction of sp³-hybridized carbons (Fsp3) is 0.552. The summed E-state index contributed by atoms with van der Waals surface area (Å²) < 4.78 is 7.61. The number of aromatic nitrogens is 3. The van der Waals surface area contributed by atoms with Gasteiger partial charge in [-0.3, -0.25) is 4.90 Å². The van der Waals surface area contributed by atoms with Crippen molar-refractivity contribution in [2.75, 3.05) is 26.3 Å². The third-order valence-corrected chi connectivity index (χ3v) is 8.62. The van der Waals surface area contributed by atoms with Crippen LogP contribution in [0.4, 0.5) is 0 Å². The van der Waals surface area contributed by atoms with Crippen LogP contribution in [0.3, 0.4) is 0 Å². The van der Waals surface area contributed by atoms with Gasteiger partial charge in [-0.05, 0) is 55.4 Å². The highest BCUT2D eigenvalue weighted by molar-refractivity contribution is 5.99. The number of pyridine rings is 1. The largest absolute Gasteiger partial charge is 0.477 e. The number of rotatable bonds is 6. The van der Waals surface area contributed by atoms with Crippen LogP contribution in [-0.4, -0.2) is 57.0 Å². The molecule has 2 aliphatic carbocycles. The molecular weight excluding hydrogens is 452 g/mol. The molecule has 6 rings (SSSR count). The monoisotopic (exact) mass is 488 g/mol. The lowest BCUT2D eigenvalue weighted by Crippen LogP contribution is -2.37. The Labute approximate surface area is 212 Å². The van der Waals surface area contributed by atoms with Crippen LogP contribution < -0.4 is 0 Å². The van der Waals surface area contributed by atoms with Gasteiger partial charge in [0.25, 0.3) is 0 Å². The molecule has 1 N–H and O–H groups in total. The summed E-state index contributed by atoms with van der Waals surface area (Å²) in [6.45, 7) is 5.70. The van der Waals surface area contributed by atoms with Gasteiger partial charge in [-0.2, -0.15) is 5.10 Å². The molecule has 7 heteroatoms. The van der Waals surface area contributed by atoms with Crippen LogP contribution in [0.1, 0.15) is 98.0 Å². The summed E-state index contributed by atoms with van der Waals surface area (Å²) in [4.78, 5) is 19.3. The quantitative estimate of drug-likeness (QED) is 0.461. The molecule has 0 spiro atoms. The average molecular weight is 489 g/mol. The summed E-state index contributed by atoms with van der Waals surface area (Å²) in [6, 6.07) is 11.1. The Morgan fingerprint density at radius 1 is 1.03 bits per heavy atom. The van der Waals surface area contributed by atoms with Crippen molar-refractivity contribution in [2.45, 2.75) is 76.3 Å². The smallest absolute Gasteiger partial charge is 0.354 e. The molecule has 1 unspecified atom stereocenters. The molecule has 3 heterocycles. The van der Waals surface area contributed by atoms with E-state index in [1.165, 1.54) is 31.2 Å². The molecule has 3 aliphatic rings. The number of ether oxygens (including phenoxy) is 1. The van der Waals surface area contributed by atoms with E-state index in [1.807, 2.05) is 0 Å². The number of hydrogen-bond acceptors (Lipinski definition) is 5. The number of fused-ring (bicyclic) bond motifs is 1. The summed E-state index contributed by atoms with van der Waals surface area (Å²) in [5, 5.41) is 16.2. The number of benzene rings is 1. The maximum Gasteiger partial charge on any atom is 0.354 e. The molecule has 3 aromatic rings. The Hall–Kier alpha value is -2.77. The van der Waals surface area contributed by atoms with Gasteiger partial charge in [0.2, 0.25) is 0 Å².